The Kier molecular flexibility index (Phi) is 4.27. The van der Waals surface area contributed by atoms with Crippen molar-refractivity contribution in [3.63, 3.8) is 0 Å². The number of H-pyrrole nitrogens is 1. The van der Waals surface area contributed by atoms with Crippen LogP contribution in [0.1, 0.15) is 19.2 Å². The third-order valence-electron chi connectivity index (χ3n) is 4.39. The maximum Gasteiger partial charge on any atom is 0.145 e. The van der Waals surface area contributed by atoms with E-state index in [0.29, 0.717) is 34.8 Å². The second kappa shape index (κ2) is 6.75. The Morgan fingerprint density at radius 2 is 2.15 bits per heavy atom. The molecule has 2 heterocycles. The van der Waals surface area contributed by atoms with Crippen LogP contribution in [0.15, 0.2) is 48.2 Å². The summed E-state index contributed by atoms with van der Waals surface area (Å²) in [5.74, 6) is 0.857. The summed E-state index contributed by atoms with van der Waals surface area (Å²) in [7, 11) is 0. The predicted molar refractivity (Wildman–Crippen MR) is 103 cm³/mol. The van der Waals surface area contributed by atoms with Crippen LogP contribution in [0.4, 0.5) is 10.1 Å². The van der Waals surface area contributed by atoms with Crippen molar-refractivity contribution in [1.29, 1.82) is 5.41 Å². The minimum atomic E-state index is -0.372. The Bertz CT molecular complexity index is 1060. The lowest BCUT2D eigenvalue weighted by Crippen LogP contribution is -2.26. The molecular weight excluding hydrogens is 347 g/mol. The second-order valence-electron chi connectivity index (χ2n) is 6.35. The number of rotatable bonds is 5. The van der Waals surface area contributed by atoms with Crippen molar-refractivity contribution in [2.24, 2.45) is 0 Å². The molecule has 0 fully saturated rings. The van der Waals surface area contributed by atoms with E-state index in [0.717, 1.165) is 12.1 Å². The topological polar surface area (TPSA) is 85.2 Å². The summed E-state index contributed by atoms with van der Waals surface area (Å²) in [6.45, 7) is 2.81. The van der Waals surface area contributed by atoms with E-state index in [1.165, 1.54) is 12.1 Å². The third-order valence-corrected chi connectivity index (χ3v) is 4.39. The first kappa shape index (κ1) is 17.1. The lowest BCUT2D eigenvalue weighted by Gasteiger charge is -2.19. The highest BCUT2D eigenvalue weighted by atomic mass is 19.1. The molecule has 0 amide bonds. The first-order valence-electron chi connectivity index (χ1n) is 8.74. The molecule has 0 saturated carbocycles. The van der Waals surface area contributed by atoms with E-state index in [1.54, 1.807) is 11.0 Å². The zero-order chi connectivity index (χ0) is 19.0. The van der Waals surface area contributed by atoms with Crippen LogP contribution in [-0.2, 0) is 0 Å². The van der Waals surface area contributed by atoms with Gasteiger partial charge in [0.05, 0.1) is 29.8 Å². The quantitative estimate of drug-likeness (QED) is 0.630. The van der Waals surface area contributed by atoms with Crippen LogP contribution in [0.2, 0.25) is 0 Å². The number of ether oxygens (including phenoxy) is 1. The van der Waals surface area contributed by atoms with Crippen molar-refractivity contribution in [3.8, 4) is 5.75 Å². The number of amidine groups is 1. The van der Waals surface area contributed by atoms with Crippen molar-refractivity contribution in [2.45, 2.75) is 13.3 Å². The van der Waals surface area contributed by atoms with E-state index >= 15 is 0 Å². The fraction of sp³-hybridized carbons (Fsp3) is 0.200. The molecule has 0 bridgehead atoms. The molecule has 1 aliphatic heterocycles. The average Bonchev–Trinajstić information content (AvgIpc) is 3.19. The standard InChI is InChI=1S/C20H19FN4O2/c1-2-8-27-14-5-3-4-13(10-14)25-11-17(26)18(19(25)22)20-23-15-7-6-12(21)9-16(15)24-20/h3-7,9-10,22,26H,2,8,11H2,1H3,(H,23,24). The summed E-state index contributed by atoms with van der Waals surface area (Å²) >= 11 is 0. The maximum absolute atomic E-state index is 13.4. The average molecular weight is 366 g/mol. The van der Waals surface area contributed by atoms with Crippen LogP contribution in [0.3, 0.4) is 0 Å². The molecule has 0 radical (unpaired) electrons. The highest BCUT2D eigenvalue weighted by Gasteiger charge is 2.31. The van der Waals surface area contributed by atoms with Crippen molar-refractivity contribution in [2.75, 3.05) is 18.1 Å². The molecule has 0 atom stereocenters. The molecule has 0 spiro atoms. The number of hydrogen-bond donors (Lipinski definition) is 3. The van der Waals surface area contributed by atoms with Gasteiger partial charge in [-0.15, -0.1) is 0 Å². The SMILES string of the molecule is CCCOc1cccc(N2CC(O)=C(c3nc4ccc(F)cc4[nH]3)C2=N)c1. The predicted octanol–water partition coefficient (Wildman–Crippen LogP) is 4.26. The smallest absolute Gasteiger partial charge is 0.145 e. The summed E-state index contributed by atoms with van der Waals surface area (Å²) in [6, 6.07) is 11.6. The van der Waals surface area contributed by atoms with E-state index in [4.69, 9.17) is 10.1 Å². The fourth-order valence-corrected chi connectivity index (χ4v) is 3.11. The zero-order valence-electron chi connectivity index (χ0n) is 14.8. The van der Waals surface area contributed by atoms with Gasteiger partial charge in [0.2, 0.25) is 0 Å². The monoisotopic (exact) mass is 366 g/mol. The van der Waals surface area contributed by atoms with Gasteiger partial charge in [-0.1, -0.05) is 13.0 Å². The molecule has 3 aromatic rings. The molecule has 138 valence electrons. The molecule has 3 N–H and O–H groups in total. The Morgan fingerprint density at radius 1 is 1.30 bits per heavy atom. The van der Waals surface area contributed by atoms with Crippen LogP contribution < -0.4 is 9.64 Å². The number of nitrogens with one attached hydrogen (secondary N) is 2. The summed E-state index contributed by atoms with van der Waals surface area (Å²) in [5.41, 5.74) is 2.16. The molecule has 0 saturated heterocycles. The molecule has 27 heavy (non-hydrogen) atoms. The Balaban J connectivity index is 1.64. The van der Waals surface area contributed by atoms with Gasteiger partial charge in [0, 0.05) is 11.8 Å². The van der Waals surface area contributed by atoms with Crippen LogP contribution in [0.25, 0.3) is 16.6 Å². The van der Waals surface area contributed by atoms with E-state index in [1.807, 2.05) is 31.2 Å². The van der Waals surface area contributed by atoms with Gasteiger partial charge >= 0.3 is 0 Å². The Morgan fingerprint density at radius 3 is 2.96 bits per heavy atom. The Hall–Kier alpha value is -3.35. The van der Waals surface area contributed by atoms with Gasteiger partial charge < -0.3 is 19.7 Å². The molecule has 7 heteroatoms. The van der Waals surface area contributed by atoms with Gasteiger partial charge in [-0.25, -0.2) is 9.37 Å². The zero-order valence-corrected chi connectivity index (χ0v) is 14.8. The molecule has 4 rings (SSSR count). The van der Waals surface area contributed by atoms with Gasteiger partial charge in [0.25, 0.3) is 0 Å². The highest BCUT2D eigenvalue weighted by molar-refractivity contribution is 6.30. The summed E-state index contributed by atoms with van der Waals surface area (Å²) in [6.07, 6.45) is 0.906. The maximum atomic E-state index is 13.4. The largest absolute Gasteiger partial charge is 0.509 e. The number of halogens is 1. The van der Waals surface area contributed by atoms with Crippen LogP contribution >= 0.6 is 0 Å². The van der Waals surface area contributed by atoms with Crippen LogP contribution in [-0.4, -0.2) is 34.1 Å². The molecular formula is C20H19FN4O2. The number of anilines is 1. The summed E-state index contributed by atoms with van der Waals surface area (Å²) < 4.78 is 19.1. The fourth-order valence-electron chi connectivity index (χ4n) is 3.11. The van der Waals surface area contributed by atoms with Gasteiger partial charge in [-0.3, -0.25) is 5.41 Å². The molecule has 2 aromatic carbocycles. The molecule has 0 aliphatic carbocycles. The van der Waals surface area contributed by atoms with Crippen molar-refractivity contribution in [3.05, 3.63) is 59.9 Å². The summed E-state index contributed by atoms with van der Waals surface area (Å²) in [5, 5.41) is 19.0. The first-order chi connectivity index (χ1) is 13.1. The minimum absolute atomic E-state index is 0.0411. The number of nitrogens with zero attached hydrogens (tertiary/aromatic N) is 2. The molecule has 1 aromatic heterocycles. The number of aromatic amines is 1. The van der Waals surface area contributed by atoms with Gasteiger partial charge in [-0.05, 0) is 36.8 Å². The number of hydrogen-bond acceptors (Lipinski definition) is 4. The van der Waals surface area contributed by atoms with E-state index in [9.17, 15) is 9.50 Å². The number of benzene rings is 2. The van der Waals surface area contributed by atoms with Crippen molar-refractivity contribution in [1.82, 2.24) is 9.97 Å². The van der Waals surface area contributed by atoms with Crippen molar-refractivity contribution >= 4 is 28.1 Å². The number of aromatic nitrogens is 2. The van der Waals surface area contributed by atoms with E-state index in [2.05, 4.69) is 9.97 Å². The number of aliphatic hydroxyl groups excluding tert-OH is 1. The molecule has 0 unspecified atom stereocenters. The minimum Gasteiger partial charge on any atom is -0.509 e. The third kappa shape index (κ3) is 3.12. The van der Waals surface area contributed by atoms with Crippen molar-refractivity contribution < 1.29 is 14.2 Å². The van der Waals surface area contributed by atoms with Gasteiger partial charge in [-0.2, -0.15) is 0 Å². The second-order valence-corrected chi connectivity index (χ2v) is 6.35. The van der Waals surface area contributed by atoms with Crippen LogP contribution in [0.5, 0.6) is 5.75 Å². The number of imidazole rings is 1. The first-order valence-corrected chi connectivity index (χ1v) is 8.74. The normalized spacial score (nSPS) is 14.4. The van der Waals surface area contributed by atoms with E-state index in [-0.39, 0.29) is 24.0 Å². The lowest BCUT2D eigenvalue weighted by atomic mass is 10.2. The highest BCUT2D eigenvalue weighted by Crippen LogP contribution is 2.32. The van der Waals surface area contributed by atoms with Gasteiger partial charge in [0.15, 0.2) is 0 Å². The molecule has 6 nitrogen and oxygen atoms in total. The van der Waals surface area contributed by atoms with E-state index < -0.39 is 0 Å². The molecule has 1 aliphatic rings. The number of fused-ring (bicyclic) bond motifs is 1. The summed E-state index contributed by atoms with van der Waals surface area (Å²) in [4.78, 5) is 9.06. The van der Waals surface area contributed by atoms with Crippen LogP contribution in [0, 0.1) is 11.2 Å². The van der Waals surface area contributed by atoms with Gasteiger partial charge in [0.1, 0.15) is 29.0 Å². The Labute approximate surface area is 155 Å². The number of aliphatic hydroxyl groups is 1. The lowest BCUT2D eigenvalue weighted by molar-refractivity contribution is 0.317.